The summed E-state index contributed by atoms with van der Waals surface area (Å²) in [4.78, 5) is 5.28. The van der Waals surface area contributed by atoms with Gasteiger partial charge in [0.05, 0.1) is 17.7 Å². The van der Waals surface area contributed by atoms with E-state index in [1.807, 2.05) is 32.3 Å². The van der Waals surface area contributed by atoms with Crippen molar-refractivity contribution < 1.29 is 0 Å². The summed E-state index contributed by atoms with van der Waals surface area (Å²) in [6, 6.07) is 8.15. The second-order valence-corrected chi connectivity index (χ2v) is 3.98. The van der Waals surface area contributed by atoms with Crippen LogP contribution in [0.25, 0.3) is 11.0 Å². The number of fused-ring (bicyclic) bond motifs is 1. The van der Waals surface area contributed by atoms with Crippen LogP contribution in [0.4, 0.5) is 0 Å². The average Bonchev–Trinajstić information content (AvgIpc) is 2.43. The fourth-order valence-electron chi connectivity index (χ4n) is 1.53. The molecule has 0 spiro atoms. The van der Waals surface area contributed by atoms with Gasteiger partial charge < -0.3 is 9.55 Å². The summed E-state index contributed by atoms with van der Waals surface area (Å²) in [7, 11) is 4.06. The van der Waals surface area contributed by atoms with Gasteiger partial charge in [-0.15, -0.1) is 0 Å². The first-order chi connectivity index (χ1) is 6.68. The predicted octanol–water partition coefficient (Wildman–Crippen LogP) is 2.22. The maximum Gasteiger partial charge on any atom is 0.179 e. The molecule has 0 bridgehead atoms. The van der Waals surface area contributed by atoms with Crippen molar-refractivity contribution in [1.82, 2.24) is 14.5 Å². The topological polar surface area (TPSA) is 24.0 Å². The van der Waals surface area contributed by atoms with Crippen LogP contribution in [0.5, 0.6) is 0 Å². The van der Waals surface area contributed by atoms with Crippen LogP contribution in [0, 0.1) is 4.77 Å². The van der Waals surface area contributed by atoms with Gasteiger partial charge in [-0.3, -0.25) is 4.90 Å². The number of nitrogens with one attached hydrogen (secondary N) is 1. The van der Waals surface area contributed by atoms with Gasteiger partial charge in [0, 0.05) is 0 Å². The minimum absolute atomic E-state index is 0.778. The summed E-state index contributed by atoms with van der Waals surface area (Å²) in [5.41, 5.74) is 2.26. The predicted molar refractivity (Wildman–Crippen MR) is 60.8 cm³/mol. The monoisotopic (exact) mass is 207 g/mol. The van der Waals surface area contributed by atoms with Crippen molar-refractivity contribution in [2.75, 3.05) is 14.1 Å². The minimum atomic E-state index is 0.778. The van der Waals surface area contributed by atoms with E-state index < -0.39 is 0 Å². The van der Waals surface area contributed by atoms with Crippen molar-refractivity contribution in [3.8, 4) is 0 Å². The van der Waals surface area contributed by atoms with Crippen molar-refractivity contribution in [3.63, 3.8) is 0 Å². The Kier molecular flexibility index (Phi) is 2.39. The highest BCUT2D eigenvalue weighted by Crippen LogP contribution is 2.13. The fourth-order valence-corrected chi connectivity index (χ4v) is 1.80. The lowest BCUT2D eigenvalue weighted by atomic mass is 10.3. The highest BCUT2D eigenvalue weighted by atomic mass is 32.1. The zero-order valence-corrected chi connectivity index (χ0v) is 9.14. The number of benzene rings is 1. The first-order valence-electron chi connectivity index (χ1n) is 4.51. The third-order valence-electron chi connectivity index (χ3n) is 2.11. The molecular weight excluding hydrogens is 194 g/mol. The molecule has 2 aromatic rings. The quantitative estimate of drug-likeness (QED) is 0.763. The molecule has 1 heterocycles. The Morgan fingerprint density at radius 2 is 2.07 bits per heavy atom. The summed E-state index contributed by atoms with van der Waals surface area (Å²) >= 11 is 5.25. The Balaban J connectivity index is 2.62. The molecule has 0 saturated carbocycles. The molecule has 3 nitrogen and oxygen atoms in total. The van der Waals surface area contributed by atoms with Crippen LogP contribution in [0.3, 0.4) is 0 Å². The Morgan fingerprint density at radius 1 is 1.36 bits per heavy atom. The highest BCUT2D eigenvalue weighted by Gasteiger charge is 2.02. The third-order valence-corrected chi connectivity index (χ3v) is 2.43. The van der Waals surface area contributed by atoms with Gasteiger partial charge in [-0.25, -0.2) is 0 Å². The lowest BCUT2D eigenvalue weighted by Crippen LogP contribution is -2.16. The van der Waals surface area contributed by atoms with Crippen molar-refractivity contribution in [2.24, 2.45) is 0 Å². The molecule has 0 atom stereocenters. The van der Waals surface area contributed by atoms with Gasteiger partial charge in [-0.05, 0) is 38.4 Å². The largest absolute Gasteiger partial charge is 0.331 e. The Bertz CT molecular complexity index is 495. The fraction of sp³-hybridized carbons (Fsp3) is 0.300. The van der Waals surface area contributed by atoms with Crippen molar-refractivity contribution in [3.05, 3.63) is 29.0 Å². The second-order valence-electron chi connectivity index (χ2n) is 3.60. The molecule has 1 aromatic heterocycles. The number of para-hydroxylation sites is 2. The Labute approximate surface area is 88.0 Å². The zero-order valence-electron chi connectivity index (χ0n) is 8.32. The summed E-state index contributed by atoms with van der Waals surface area (Å²) in [5.74, 6) is 0. The number of nitrogens with zero attached hydrogens (tertiary/aromatic N) is 2. The third kappa shape index (κ3) is 1.58. The number of H-pyrrole nitrogens is 1. The molecule has 0 aliphatic rings. The van der Waals surface area contributed by atoms with Gasteiger partial charge in [0.15, 0.2) is 4.77 Å². The van der Waals surface area contributed by atoms with Gasteiger partial charge in [0.2, 0.25) is 0 Å². The van der Waals surface area contributed by atoms with Gasteiger partial charge in [0.25, 0.3) is 0 Å². The molecule has 0 aliphatic heterocycles. The normalized spacial score (nSPS) is 11.4. The molecule has 0 unspecified atom stereocenters. The molecule has 1 aromatic carbocycles. The van der Waals surface area contributed by atoms with Crippen LogP contribution in [-0.2, 0) is 6.67 Å². The summed E-state index contributed by atoms with van der Waals surface area (Å²) in [6.45, 7) is 0.808. The van der Waals surface area contributed by atoms with Crippen molar-refractivity contribution in [1.29, 1.82) is 0 Å². The Hall–Kier alpha value is -1.13. The summed E-state index contributed by atoms with van der Waals surface area (Å²) in [5, 5.41) is 0. The van der Waals surface area contributed by atoms with E-state index in [1.54, 1.807) is 0 Å². The van der Waals surface area contributed by atoms with Crippen LogP contribution in [0.15, 0.2) is 24.3 Å². The molecule has 0 radical (unpaired) electrons. The SMILES string of the molecule is CN(C)Cn1c(=S)[nH]c2ccccc21. The maximum atomic E-state index is 5.25. The smallest absolute Gasteiger partial charge is 0.179 e. The van der Waals surface area contributed by atoms with Crippen LogP contribution >= 0.6 is 12.2 Å². The summed E-state index contributed by atoms with van der Waals surface area (Å²) < 4.78 is 2.87. The van der Waals surface area contributed by atoms with Crippen LogP contribution < -0.4 is 0 Å². The molecule has 0 fully saturated rings. The maximum absolute atomic E-state index is 5.25. The number of imidazole rings is 1. The van der Waals surface area contributed by atoms with Gasteiger partial charge >= 0.3 is 0 Å². The van der Waals surface area contributed by atoms with Gasteiger partial charge in [-0.2, -0.15) is 0 Å². The summed E-state index contributed by atoms with van der Waals surface area (Å²) in [6.07, 6.45) is 0. The van der Waals surface area contributed by atoms with Crippen molar-refractivity contribution >= 4 is 23.3 Å². The van der Waals surface area contributed by atoms with Crippen LogP contribution in [0.1, 0.15) is 0 Å². The zero-order chi connectivity index (χ0) is 10.1. The number of hydrogen-bond donors (Lipinski definition) is 1. The molecule has 1 N–H and O–H groups in total. The minimum Gasteiger partial charge on any atom is -0.331 e. The van der Waals surface area contributed by atoms with Crippen LogP contribution in [-0.4, -0.2) is 28.5 Å². The van der Waals surface area contributed by atoms with E-state index in [1.165, 1.54) is 0 Å². The van der Waals surface area contributed by atoms with E-state index in [9.17, 15) is 0 Å². The lowest BCUT2D eigenvalue weighted by molar-refractivity contribution is 0.330. The molecule has 14 heavy (non-hydrogen) atoms. The van der Waals surface area contributed by atoms with Gasteiger partial charge in [-0.1, -0.05) is 12.1 Å². The van der Waals surface area contributed by atoms with E-state index in [-0.39, 0.29) is 0 Å². The number of aromatic amines is 1. The molecule has 2 rings (SSSR count). The molecular formula is C10H13N3S. The van der Waals surface area contributed by atoms with E-state index in [4.69, 9.17) is 12.2 Å². The highest BCUT2D eigenvalue weighted by molar-refractivity contribution is 7.71. The molecule has 4 heteroatoms. The van der Waals surface area contributed by atoms with E-state index in [2.05, 4.69) is 20.5 Å². The number of rotatable bonds is 2. The number of aromatic nitrogens is 2. The first kappa shape index (κ1) is 9.43. The standard InChI is InChI=1S/C10H13N3S/c1-12(2)7-13-9-6-4-3-5-8(9)11-10(13)14/h3-6H,7H2,1-2H3,(H,11,14). The molecule has 0 amide bonds. The first-order valence-corrected chi connectivity index (χ1v) is 4.91. The molecule has 74 valence electrons. The van der Waals surface area contributed by atoms with E-state index >= 15 is 0 Å². The van der Waals surface area contributed by atoms with Crippen LogP contribution in [0.2, 0.25) is 0 Å². The van der Waals surface area contributed by atoms with E-state index in [0.717, 1.165) is 22.5 Å². The van der Waals surface area contributed by atoms with E-state index in [0.29, 0.717) is 0 Å². The van der Waals surface area contributed by atoms with Gasteiger partial charge in [0.1, 0.15) is 0 Å². The second kappa shape index (κ2) is 3.55. The number of hydrogen-bond acceptors (Lipinski definition) is 2. The Morgan fingerprint density at radius 3 is 2.79 bits per heavy atom. The van der Waals surface area contributed by atoms with Crippen molar-refractivity contribution in [2.45, 2.75) is 6.67 Å². The molecule has 0 saturated heterocycles. The lowest BCUT2D eigenvalue weighted by Gasteiger charge is -2.11. The average molecular weight is 207 g/mol. The molecule has 0 aliphatic carbocycles.